The minimum absolute atomic E-state index is 0.0514. The maximum Gasteiger partial charge on any atom is 0.256 e. The standard InChI is InChI=1S/C19H18BrClN4O3S/c1-24(2)29(27,28)17-11-14(5-8-16(17)21)19(26)23-18-9-10-22-25(18)12-13-3-6-15(20)7-4-13/h3-11H,12H2,1-2H3,(H,23,26). The largest absolute Gasteiger partial charge is 0.307 e. The van der Waals surface area contributed by atoms with E-state index < -0.39 is 15.9 Å². The molecule has 3 aromatic rings. The SMILES string of the molecule is CN(C)S(=O)(=O)c1cc(C(=O)Nc2ccnn2Cc2ccc(Br)cc2)ccc1Cl. The molecule has 1 heterocycles. The number of rotatable bonds is 6. The number of halogens is 2. The molecule has 0 aliphatic rings. The Hall–Kier alpha value is -2.20. The highest BCUT2D eigenvalue weighted by Crippen LogP contribution is 2.25. The smallest absolute Gasteiger partial charge is 0.256 e. The average Bonchev–Trinajstić information content (AvgIpc) is 3.10. The summed E-state index contributed by atoms with van der Waals surface area (Å²) in [7, 11) is -0.974. The molecule has 0 saturated heterocycles. The van der Waals surface area contributed by atoms with Gasteiger partial charge >= 0.3 is 0 Å². The number of nitrogens with zero attached hydrogens (tertiary/aromatic N) is 3. The third-order valence-electron chi connectivity index (χ3n) is 4.16. The van der Waals surface area contributed by atoms with Gasteiger partial charge in [-0.05, 0) is 35.9 Å². The number of carbonyl (C=O) groups is 1. The molecule has 0 bridgehead atoms. The molecule has 1 N–H and O–H groups in total. The summed E-state index contributed by atoms with van der Waals surface area (Å²) in [5.74, 6) is 0.0271. The molecule has 0 aliphatic heterocycles. The highest BCUT2D eigenvalue weighted by atomic mass is 79.9. The topological polar surface area (TPSA) is 84.3 Å². The zero-order valence-corrected chi connectivity index (χ0v) is 18.8. The molecule has 29 heavy (non-hydrogen) atoms. The van der Waals surface area contributed by atoms with Crippen LogP contribution in [0, 0.1) is 0 Å². The van der Waals surface area contributed by atoms with Crippen LogP contribution in [0.1, 0.15) is 15.9 Å². The second-order valence-corrected chi connectivity index (χ2v) is 9.83. The highest BCUT2D eigenvalue weighted by Gasteiger charge is 2.22. The number of hydrogen-bond acceptors (Lipinski definition) is 4. The van der Waals surface area contributed by atoms with Crippen LogP contribution in [-0.4, -0.2) is 42.5 Å². The number of anilines is 1. The van der Waals surface area contributed by atoms with Crippen molar-refractivity contribution in [3.63, 3.8) is 0 Å². The molecule has 2 aromatic carbocycles. The van der Waals surface area contributed by atoms with Gasteiger partial charge in [-0.2, -0.15) is 5.10 Å². The van der Waals surface area contributed by atoms with Gasteiger partial charge in [-0.3, -0.25) is 4.79 Å². The third-order valence-corrected chi connectivity index (χ3v) is 6.98. The Morgan fingerprint density at radius 2 is 1.86 bits per heavy atom. The second kappa shape index (κ2) is 8.66. The van der Waals surface area contributed by atoms with Crippen LogP contribution in [0.5, 0.6) is 0 Å². The summed E-state index contributed by atoms with van der Waals surface area (Å²) in [6.07, 6.45) is 1.58. The summed E-state index contributed by atoms with van der Waals surface area (Å²) in [6.45, 7) is 0.469. The molecular formula is C19H18BrClN4O3S. The summed E-state index contributed by atoms with van der Waals surface area (Å²) in [5.41, 5.74) is 1.18. The first-order valence-corrected chi connectivity index (χ1v) is 11.1. The van der Waals surface area contributed by atoms with Gasteiger partial charge in [-0.1, -0.05) is 39.7 Å². The van der Waals surface area contributed by atoms with Gasteiger partial charge in [-0.25, -0.2) is 17.4 Å². The van der Waals surface area contributed by atoms with Crippen molar-refractivity contribution in [1.82, 2.24) is 14.1 Å². The van der Waals surface area contributed by atoms with Crippen molar-refractivity contribution in [3.05, 3.63) is 75.4 Å². The van der Waals surface area contributed by atoms with Crippen LogP contribution in [0.3, 0.4) is 0 Å². The molecule has 0 radical (unpaired) electrons. The molecule has 0 fully saturated rings. The summed E-state index contributed by atoms with van der Waals surface area (Å²) in [5, 5.41) is 7.06. The number of aromatic nitrogens is 2. The van der Waals surface area contributed by atoms with E-state index in [1.807, 2.05) is 24.3 Å². The predicted octanol–water partition coefficient (Wildman–Crippen LogP) is 3.85. The van der Waals surface area contributed by atoms with Gasteiger partial charge in [0.25, 0.3) is 5.91 Å². The third kappa shape index (κ3) is 4.87. The van der Waals surface area contributed by atoms with Crippen LogP contribution >= 0.6 is 27.5 Å². The maximum atomic E-state index is 12.7. The van der Waals surface area contributed by atoms with E-state index in [4.69, 9.17) is 11.6 Å². The minimum atomic E-state index is -3.78. The van der Waals surface area contributed by atoms with Crippen LogP contribution in [-0.2, 0) is 16.6 Å². The van der Waals surface area contributed by atoms with Crippen LogP contribution in [0.2, 0.25) is 5.02 Å². The summed E-state index contributed by atoms with van der Waals surface area (Å²) >= 11 is 9.44. The Morgan fingerprint density at radius 1 is 1.17 bits per heavy atom. The maximum absolute atomic E-state index is 12.7. The Bertz CT molecular complexity index is 1140. The quantitative estimate of drug-likeness (QED) is 0.561. The van der Waals surface area contributed by atoms with E-state index in [2.05, 4.69) is 26.3 Å². The molecule has 3 rings (SSSR count). The molecule has 152 valence electrons. The van der Waals surface area contributed by atoms with Crippen molar-refractivity contribution in [2.24, 2.45) is 0 Å². The van der Waals surface area contributed by atoms with Gasteiger partial charge in [0, 0.05) is 30.2 Å². The molecule has 1 amide bonds. The number of hydrogen-bond donors (Lipinski definition) is 1. The molecular weight excluding hydrogens is 480 g/mol. The Morgan fingerprint density at radius 3 is 2.52 bits per heavy atom. The van der Waals surface area contributed by atoms with Gasteiger partial charge in [-0.15, -0.1) is 0 Å². The lowest BCUT2D eigenvalue weighted by atomic mass is 10.2. The molecule has 0 saturated carbocycles. The molecule has 10 heteroatoms. The fourth-order valence-corrected chi connectivity index (χ4v) is 4.21. The van der Waals surface area contributed by atoms with Crippen molar-refractivity contribution < 1.29 is 13.2 Å². The van der Waals surface area contributed by atoms with E-state index in [9.17, 15) is 13.2 Å². The van der Waals surface area contributed by atoms with Crippen molar-refractivity contribution in [1.29, 1.82) is 0 Å². The van der Waals surface area contributed by atoms with Gasteiger partial charge < -0.3 is 5.32 Å². The van der Waals surface area contributed by atoms with Crippen LogP contribution in [0.25, 0.3) is 0 Å². The van der Waals surface area contributed by atoms with Crippen LogP contribution < -0.4 is 5.32 Å². The Balaban J connectivity index is 1.83. The fraction of sp³-hybridized carbons (Fsp3) is 0.158. The first-order valence-electron chi connectivity index (χ1n) is 8.48. The summed E-state index contributed by atoms with van der Waals surface area (Å²) < 4.78 is 28.5. The van der Waals surface area contributed by atoms with Crippen molar-refractivity contribution in [2.45, 2.75) is 11.4 Å². The number of benzene rings is 2. The van der Waals surface area contributed by atoms with Crippen LogP contribution in [0.4, 0.5) is 5.82 Å². The fourth-order valence-electron chi connectivity index (χ4n) is 2.56. The van der Waals surface area contributed by atoms with E-state index in [1.54, 1.807) is 16.9 Å². The number of sulfonamides is 1. The van der Waals surface area contributed by atoms with Crippen molar-refractivity contribution >= 4 is 49.3 Å². The average molecular weight is 498 g/mol. The molecule has 0 spiro atoms. The first kappa shape index (κ1) is 21.5. The lowest BCUT2D eigenvalue weighted by Crippen LogP contribution is -2.23. The lowest BCUT2D eigenvalue weighted by Gasteiger charge is -2.14. The Labute approximate surface area is 182 Å². The normalized spacial score (nSPS) is 11.6. The number of amides is 1. The van der Waals surface area contributed by atoms with E-state index >= 15 is 0 Å². The molecule has 1 aromatic heterocycles. The van der Waals surface area contributed by atoms with Crippen molar-refractivity contribution in [3.8, 4) is 0 Å². The van der Waals surface area contributed by atoms with Crippen molar-refractivity contribution in [2.75, 3.05) is 19.4 Å². The zero-order chi connectivity index (χ0) is 21.2. The predicted molar refractivity (Wildman–Crippen MR) is 116 cm³/mol. The zero-order valence-electron chi connectivity index (χ0n) is 15.6. The van der Waals surface area contributed by atoms with E-state index in [0.717, 1.165) is 14.3 Å². The monoisotopic (exact) mass is 496 g/mol. The lowest BCUT2D eigenvalue weighted by molar-refractivity contribution is 0.102. The minimum Gasteiger partial charge on any atom is -0.307 e. The van der Waals surface area contributed by atoms with Gasteiger partial charge in [0.05, 0.1) is 17.8 Å². The van der Waals surface area contributed by atoms with Crippen LogP contribution in [0.15, 0.2) is 64.1 Å². The van der Waals surface area contributed by atoms with E-state index in [0.29, 0.717) is 12.4 Å². The number of carbonyl (C=O) groups excluding carboxylic acids is 1. The van der Waals surface area contributed by atoms with E-state index in [1.165, 1.54) is 32.3 Å². The molecule has 0 aliphatic carbocycles. The summed E-state index contributed by atoms with van der Waals surface area (Å²) in [6, 6.07) is 13.6. The van der Waals surface area contributed by atoms with Gasteiger partial charge in [0.15, 0.2) is 0 Å². The highest BCUT2D eigenvalue weighted by molar-refractivity contribution is 9.10. The van der Waals surface area contributed by atoms with E-state index in [-0.39, 0.29) is 15.5 Å². The second-order valence-electron chi connectivity index (χ2n) is 6.39. The van der Waals surface area contributed by atoms with Gasteiger partial charge in [0.2, 0.25) is 10.0 Å². The number of nitrogens with one attached hydrogen (secondary N) is 1. The Kier molecular flexibility index (Phi) is 6.42. The molecule has 0 atom stereocenters. The molecule has 7 nitrogen and oxygen atoms in total. The molecule has 0 unspecified atom stereocenters. The first-order chi connectivity index (χ1) is 13.7. The van der Waals surface area contributed by atoms with Gasteiger partial charge in [0.1, 0.15) is 10.7 Å². The summed E-state index contributed by atoms with van der Waals surface area (Å²) in [4.78, 5) is 12.6.